The van der Waals surface area contributed by atoms with Gasteiger partial charge in [-0.1, -0.05) is 26.0 Å². The van der Waals surface area contributed by atoms with Crippen molar-refractivity contribution >= 4 is 0 Å². The molecule has 4 heteroatoms. The van der Waals surface area contributed by atoms with Crippen molar-refractivity contribution in [1.29, 1.82) is 0 Å². The maximum atomic E-state index is 4.40. The van der Waals surface area contributed by atoms with Gasteiger partial charge in [0.2, 0.25) is 0 Å². The smallest absolute Gasteiger partial charge is 0.162 e. The van der Waals surface area contributed by atoms with Gasteiger partial charge in [0.05, 0.1) is 12.5 Å². The minimum absolute atomic E-state index is 0.513. The van der Waals surface area contributed by atoms with Gasteiger partial charge in [0.25, 0.3) is 0 Å². The zero-order valence-corrected chi connectivity index (χ0v) is 11.0. The minimum Gasteiger partial charge on any atom is -0.342 e. The van der Waals surface area contributed by atoms with Crippen LogP contribution in [0.3, 0.4) is 0 Å². The molecule has 1 aromatic carbocycles. The molecule has 0 amide bonds. The SMILES string of the molecule is CC(C)c1cccc(-n2ccnc2-c2cnc[nH]2)c1. The first-order chi connectivity index (χ1) is 9.25. The zero-order chi connectivity index (χ0) is 13.2. The Morgan fingerprint density at radius 3 is 2.89 bits per heavy atom. The number of rotatable bonds is 3. The van der Waals surface area contributed by atoms with Gasteiger partial charge in [-0.25, -0.2) is 9.97 Å². The number of H-pyrrole nitrogens is 1. The summed E-state index contributed by atoms with van der Waals surface area (Å²) in [6.45, 7) is 4.39. The van der Waals surface area contributed by atoms with Gasteiger partial charge in [-0.05, 0) is 23.6 Å². The van der Waals surface area contributed by atoms with E-state index in [0.717, 1.165) is 17.2 Å². The highest BCUT2D eigenvalue weighted by molar-refractivity contribution is 5.53. The van der Waals surface area contributed by atoms with E-state index in [1.807, 2.05) is 6.20 Å². The summed E-state index contributed by atoms with van der Waals surface area (Å²) in [5, 5.41) is 0. The van der Waals surface area contributed by atoms with Gasteiger partial charge in [0.1, 0.15) is 5.69 Å². The second-order valence-electron chi connectivity index (χ2n) is 4.84. The summed E-state index contributed by atoms with van der Waals surface area (Å²) in [7, 11) is 0. The lowest BCUT2D eigenvalue weighted by atomic mass is 10.0. The molecule has 0 aliphatic rings. The fourth-order valence-electron chi connectivity index (χ4n) is 2.12. The van der Waals surface area contributed by atoms with Crippen LogP contribution in [-0.2, 0) is 0 Å². The molecule has 0 unspecified atom stereocenters. The zero-order valence-electron chi connectivity index (χ0n) is 11.0. The number of aromatic amines is 1. The third-order valence-corrected chi connectivity index (χ3v) is 3.19. The van der Waals surface area contributed by atoms with Crippen molar-refractivity contribution in [2.24, 2.45) is 0 Å². The fraction of sp³-hybridized carbons (Fsp3) is 0.200. The van der Waals surface area contributed by atoms with Crippen LogP contribution >= 0.6 is 0 Å². The highest BCUT2D eigenvalue weighted by Crippen LogP contribution is 2.22. The summed E-state index contributed by atoms with van der Waals surface area (Å²) in [6.07, 6.45) is 7.22. The van der Waals surface area contributed by atoms with Gasteiger partial charge >= 0.3 is 0 Å². The third kappa shape index (κ3) is 2.17. The van der Waals surface area contributed by atoms with E-state index in [2.05, 4.69) is 57.6 Å². The molecule has 2 heterocycles. The molecule has 0 bridgehead atoms. The Morgan fingerprint density at radius 1 is 1.26 bits per heavy atom. The maximum Gasteiger partial charge on any atom is 0.162 e. The molecule has 3 rings (SSSR count). The summed E-state index contributed by atoms with van der Waals surface area (Å²) in [5.74, 6) is 1.39. The molecule has 0 radical (unpaired) electrons. The Bertz CT molecular complexity index is 665. The topological polar surface area (TPSA) is 46.5 Å². The van der Waals surface area contributed by atoms with E-state index < -0.39 is 0 Å². The standard InChI is InChI=1S/C15H16N4/c1-11(2)12-4-3-5-13(8-12)19-7-6-17-15(19)14-9-16-10-18-14/h3-11H,1-2H3,(H,16,18). The Hall–Kier alpha value is -2.36. The van der Waals surface area contributed by atoms with Crippen LogP contribution < -0.4 is 0 Å². The van der Waals surface area contributed by atoms with Crippen LogP contribution in [0.5, 0.6) is 0 Å². The molecular weight excluding hydrogens is 236 g/mol. The monoisotopic (exact) mass is 252 g/mol. The first-order valence-electron chi connectivity index (χ1n) is 6.38. The van der Waals surface area contributed by atoms with E-state index in [0.29, 0.717) is 5.92 Å². The van der Waals surface area contributed by atoms with Crippen LogP contribution in [0.4, 0.5) is 0 Å². The predicted octanol–water partition coefficient (Wildman–Crippen LogP) is 3.39. The van der Waals surface area contributed by atoms with Crippen molar-refractivity contribution in [3.8, 4) is 17.2 Å². The largest absolute Gasteiger partial charge is 0.342 e. The van der Waals surface area contributed by atoms with Crippen molar-refractivity contribution in [2.45, 2.75) is 19.8 Å². The van der Waals surface area contributed by atoms with E-state index >= 15 is 0 Å². The molecule has 0 atom stereocenters. The quantitative estimate of drug-likeness (QED) is 0.776. The molecule has 0 saturated heterocycles. The first-order valence-corrected chi connectivity index (χ1v) is 6.38. The lowest BCUT2D eigenvalue weighted by Gasteiger charge is -2.10. The number of benzene rings is 1. The average molecular weight is 252 g/mol. The number of imidazole rings is 2. The Labute approximate surface area is 112 Å². The van der Waals surface area contributed by atoms with Crippen LogP contribution in [0.15, 0.2) is 49.2 Å². The molecule has 4 nitrogen and oxygen atoms in total. The molecule has 1 N–H and O–H groups in total. The number of hydrogen-bond acceptors (Lipinski definition) is 2. The van der Waals surface area contributed by atoms with Crippen molar-refractivity contribution in [3.05, 3.63) is 54.7 Å². The van der Waals surface area contributed by atoms with E-state index in [4.69, 9.17) is 0 Å². The van der Waals surface area contributed by atoms with Gasteiger partial charge in [-0.15, -0.1) is 0 Å². The van der Waals surface area contributed by atoms with E-state index in [1.165, 1.54) is 5.56 Å². The second kappa shape index (κ2) is 4.72. The van der Waals surface area contributed by atoms with Crippen molar-refractivity contribution in [1.82, 2.24) is 19.5 Å². The summed E-state index contributed by atoms with van der Waals surface area (Å²) in [5.41, 5.74) is 3.36. The summed E-state index contributed by atoms with van der Waals surface area (Å²) >= 11 is 0. The number of aromatic nitrogens is 4. The van der Waals surface area contributed by atoms with Crippen LogP contribution in [0, 0.1) is 0 Å². The molecule has 0 spiro atoms. The highest BCUT2D eigenvalue weighted by Gasteiger charge is 2.09. The number of nitrogens with zero attached hydrogens (tertiary/aromatic N) is 3. The first kappa shape index (κ1) is 11.7. The third-order valence-electron chi connectivity index (χ3n) is 3.19. The van der Waals surface area contributed by atoms with Crippen LogP contribution in [-0.4, -0.2) is 19.5 Å². The molecule has 3 aromatic rings. The van der Waals surface area contributed by atoms with Gasteiger partial charge in [-0.2, -0.15) is 0 Å². The van der Waals surface area contributed by atoms with Crippen LogP contribution in [0.2, 0.25) is 0 Å². The molecule has 0 aliphatic heterocycles. The van der Waals surface area contributed by atoms with Crippen molar-refractivity contribution < 1.29 is 0 Å². The second-order valence-corrected chi connectivity index (χ2v) is 4.84. The number of hydrogen-bond donors (Lipinski definition) is 1. The van der Waals surface area contributed by atoms with Crippen LogP contribution in [0.25, 0.3) is 17.2 Å². The summed E-state index contributed by atoms with van der Waals surface area (Å²) in [4.78, 5) is 11.5. The van der Waals surface area contributed by atoms with Gasteiger partial charge < -0.3 is 4.98 Å². The predicted molar refractivity (Wildman–Crippen MR) is 75.2 cm³/mol. The Morgan fingerprint density at radius 2 is 2.16 bits per heavy atom. The van der Waals surface area contributed by atoms with Crippen molar-refractivity contribution in [2.75, 3.05) is 0 Å². The van der Waals surface area contributed by atoms with Gasteiger partial charge in [-0.3, -0.25) is 4.57 Å². The van der Waals surface area contributed by atoms with Crippen molar-refractivity contribution in [3.63, 3.8) is 0 Å². The molecule has 0 aliphatic carbocycles. The maximum absolute atomic E-state index is 4.40. The Balaban J connectivity index is 2.08. The molecule has 96 valence electrons. The fourth-order valence-corrected chi connectivity index (χ4v) is 2.12. The van der Waals surface area contributed by atoms with E-state index in [-0.39, 0.29) is 0 Å². The van der Waals surface area contributed by atoms with Crippen LogP contribution in [0.1, 0.15) is 25.3 Å². The van der Waals surface area contributed by atoms with Gasteiger partial charge in [0.15, 0.2) is 5.82 Å². The average Bonchev–Trinajstić information content (AvgIpc) is 3.09. The lowest BCUT2D eigenvalue weighted by Crippen LogP contribution is -1.98. The summed E-state index contributed by atoms with van der Waals surface area (Å²) < 4.78 is 2.07. The molecular formula is C15H16N4. The minimum atomic E-state index is 0.513. The molecule has 0 saturated carbocycles. The lowest BCUT2D eigenvalue weighted by molar-refractivity contribution is 0.863. The highest BCUT2D eigenvalue weighted by atomic mass is 15.1. The molecule has 0 fully saturated rings. The van der Waals surface area contributed by atoms with Gasteiger partial charge in [0, 0.05) is 18.1 Å². The molecule has 2 aromatic heterocycles. The summed E-state index contributed by atoms with van der Waals surface area (Å²) in [6, 6.07) is 8.53. The van der Waals surface area contributed by atoms with E-state index in [1.54, 1.807) is 18.7 Å². The molecule has 19 heavy (non-hydrogen) atoms. The van der Waals surface area contributed by atoms with E-state index in [9.17, 15) is 0 Å². The Kier molecular flexibility index (Phi) is 2.91. The normalized spacial score (nSPS) is 11.1. The number of nitrogens with one attached hydrogen (secondary N) is 1.